The number of anilines is 1. The average Bonchev–Trinajstić information content (AvgIpc) is 2.58. The van der Waals surface area contributed by atoms with Gasteiger partial charge in [0.25, 0.3) is 0 Å². The van der Waals surface area contributed by atoms with E-state index in [0.29, 0.717) is 18.5 Å². The summed E-state index contributed by atoms with van der Waals surface area (Å²) >= 11 is 0. The third-order valence-electron chi connectivity index (χ3n) is 4.33. The van der Waals surface area contributed by atoms with Gasteiger partial charge in [0.05, 0.1) is 5.60 Å². The maximum atomic E-state index is 12.0. The number of aliphatic hydroxyl groups is 1. The van der Waals surface area contributed by atoms with E-state index in [1.807, 2.05) is 26.0 Å². The first-order valence-corrected chi connectivity index (χ1v) is 8.32. The van der Waals surface area contributed by atoms with Crippen LogP contribution in [0.3, 0.4) is 0 Å². The standard InChI is InChI=1S/C18H28N2O3/c1-5-13-9-10-15(11-14(13)6-2)20-17(22)16(21)19-12-18(23,7-3)8-4/h9-11,23H,5-8,12H2,1-4H3,(H,19,21)(H,20,22). The maximum Gasteiger partial charge on any atom is 0.313 e. The van der Waals surface area contributed by atoms with Crippen molar-refractivity contribution in [3.05, 3.63) is 29.3 Å². The van der Waals surface area contributed by atoms with E-state index in [-0.39, 0.29) is 6.54 Å². The van der Waals surface area contributed by atoms with Crippen LogP contribution < -0.4 is 10.6 Å². The summed E-state index contributed by atoms with van der Waals surface area (Å²) in [5, 5.41) is 15.2. The lowest BCUT2D eigenvalue weighted by atomic mass is 9.98. The smallest absolute Gasteiger partial charge is 0.313 e. The van der Waals surface area contributed by atoms with Crippen molar-refractivity contribution in [3.63, 3.8) is 0 Å². The van der Waals surface area contributed by atoms with Crippen LogP contribution in [-0.4, -0.2) is 29.1 Å². The summed E-state index contributed by atoms with van der Waals surface area (Å²) in [5.74, 6) is -1.45. The predicted molar refractivity (Wildman–Crippen MR) is 92.4 cm³/mol. The zero-order valence-corrected chi connectivity index (χ0v) is 14.5. The lowest BCUT2D eigenvalue weighted by Crippen LogP contribution is -2.45. The molecular formula is C18H28N2O3. The highest BCUT2D eigenvalue weighted by Gasteiger charge is 2.24. The number of benzene rings is 1. The molecule has 1 aromatic carbocycles. The summed E-state index contributed by atoms with van der Waals surface area (Å²) in [6, 6.07) is 5.68. The fourth-order valence-electron chi connectivity index (χ4n) is 2.39. The molecule has 0 aliphatic carbocycles. The van der Waals surface area contributed by atoms with Crippen LogP contribution in [0.5, 0.6) is 0 Å². The second-order valence-corrected chi connectivity index (χ2v) is 5.76. The summed E-state index contributed by atoms with van der Waals surface area (Å²) < 4.78 is 0. The van der Waals surface area contributed by atoms with Crippen LogP contribution in [0.4, 0.5) is 5.69 Å². The van der Waals surface area contributed by atoms with Gasteiger partial charge in [0, 0.05) is 12.2 Å². The van der Waals surface area contributed by atoms with Gasteiger partial charge in [-0.25, -0.2) is 0 Å². The number of carbonyl (C=O) groups is 2. The molecule has 1 aromatic rings. The molecule has 0 spiro atoms. The molecule has 3 N–H and O–H groups in total. The number of rotatable bonds is 7. The molecule has 0 aromatic heterocycles. The van der Waals surface area contributed by atoms with Crippen LogP contribution in [0.15, 0.2) is 18.2 Å². The quantitative estimate of drug-likeness (QED) is 0.675. The van der Waals surface area contributed by atoms with Gasteiger partial charge in [-0.15, -0.1) is 0 Å². The molecule has 128 valence electrons. The van der Waals surface area contributed by atoms with Crippen LogP contribution in [0, 0.1) is 0 Å². The van der Waals surface area contributed by atoms with E-state index in [1.165, 1.54) is 5.56 Å². The molecule has 1 rings (SSSR count). The Morgan fingerprint density at radius 1 is 1.00 bits per heavy atom. The van der Waals surface area contributed by atoms with Gasteiger partial charge in [-0.3, -0.25) is 9.59 Å². The predicted octanol–water partition coefficient (Wildman–Crippen LogP) is 2.42. The molecule has 0 bridgehead atoms. The van der Waals surface area contributed by atoms with Crippen molar-refractivity contribution >= 4 is 17.5 Å². The van der Waals surface area contributed by atoms with Gasteiger partial charge in [-0.2, -0.15) is 0 Å². The molecule has 0 aliphatic rings. The number of amides is 2. The molecular weight excluding hydrogens is 292 g/mol. The first-order chi connectivity index (χ1) is 10.9. The first-order valence-electron chi connectivity index (χ1n) is 8.32. The minimum atomic E-state index is -0.964. The van der Waals surface area contributed by atoms with Crippen LogP contribution in [-0.2, 0) is 22.4 Å². The molecule has 23 heavy (non-hydrogen) atoms. The van der Waals surface area contributed by atoms with Gasteiger partial charge in [0.15, 0.2) is 0 Å². The summed E-state index contributed by atoms with van der Waals surface area (Å²) in [4.78, 5) is 23.8. The van der Waals surface area contributed by atoms with Crippen molar-refractivity contribution < 1.29 is 14.7 Å². The Labute approximate surface area is 138 Å². The van der Waals surface area contributed by atoms with E-state index in [2.05, 4.69) is 24.5 Å². The fraction of sp³-hybridized carbons (Fsp3) is 0.556. The van der Waals surface area contributed by atoms with E-state index in [4.69, 9.17) is 0 Å². The fourth-order valence-corrected chi connectivity index (χ4v) is 2.39. The van der Waals surface area contributed by atoms with Crippen molar-refractivity contribution in [2.75, 3.05) is 11.9 Å². The highest BCUT2D eigenvalue weighted by molar-refractivity contribution is 6.39. The van der Waals surface area contributed by atoms with Gasteiger partial charge < -0.3 is 15.7 Å². The highest BCUT2D eigenvalue weighted by atomic mass is 16.3. The van der Waals surface area contributed by atoms with Crippen molar-refractivity contribution in [3.8, 4) is 0 Å². The molecule has 5 nitrogen and oxygen atoms in total. The largest absolute Gasteiger partial charge is 0.388 e. The SMILES string of the molecule is CCc1ccc(NC(=O)C(=O)NCC(O)(CC)CC)cc1CC. The van der Waals surface area contributed by atoms with Crippen LogP contribution >= 0.6 is 0 Å². The lowest BCUT2D eigenvalue weighted by Gasteiger charge is -2.25. The molecule has 0 radical (unpaired) electrons. The van der Waals surface area contributed by atoms with Crippen molar-refractivity contribution in [1.29, 1.82) is 0 Å². The Balaban J connectivity index is 2.67. The average molecular weight is 320 g/mol. The van der Waals surface area contributed by atoms with Crippen LogP contribution in [0.2, 0.25) is 0 Å². The number of hydrogen-bond acceptors (Lipinski definition) is 3. The minimum Gasteiger partial charge on any atom is -0.388 e. The van der Waals surface area contributed by atoms with Gasteiger partial charge in [0.1, 0.15) is 0 Å². The Bertz CT molecular complexity index is 551. The van der Waals surface area contributed by atoms with Crippen molar-refractivity contribution in [2.24, 2.45) is 0 Å². The summed E-state index contributed by atoms with van der Waals surface area (Å²) in [6.07, 6.45) is 2.84. The number of nitrogens with one attached hydrogen (secondary N) is 2. The molecule has 0 fully saturated rings. The van der Waals surface area contributed by atoms with E-state index in [9.17, 15) is 14.7 Å². The van der Waals surface area contributed by atoms with Crippen molar-refractivity contribution in [2.45, 2.75) is 59.0 Å². The van der Waals surface area contributed by atoms with Gasteiger partial charge >= 0.3 is 11.8 Å². The zero-order chi connectivity index (χ0) is 17.5. The summed E-state index contributed by atoms with van der Waals surface area (Å²) in [6.45, 7) is 7.90. The normalized spacial score (nSPS) is 11.2. The number of carbonyl (C=O) groups excluding carboxylic acids is 2. The second-order valence-electron chi connectivity index (χ2n) is 5.76. The lowest BCUT2D eigenvalue weighted by molar-refractivity contribution is -0.136. The Hall–Kier alpha value is -1.88. The van der Waals surface area contributed by atoms with Crippen LogP contribution in [0.25, 0.3) is 0 Å². The van der Waals surface area contributed by atoms with Gasteiger partial charge in [-0.05, 0) is 48.9 Å². The molecule has 0 aliphatic heterocycles. The van der Waals surface area contributed by atoms with E-state index >= 15 is 0 Å². The highest BCUT2D eigenvalue weighted by Crippen LogP contribution is 2.17. The molecule has 5 heteroatoms. The molecule has 0 unspecified atom stereocenters. The Morgan fingerprint density at radius 3 is 2.13 bits per heavy atom. The maximum absolute atomic E-state index is 12.0. The van der Waals surface area contributed by atoms with E-state index in [0.717, 1.165) is 18.4 Å². The number of hydrogen-bond donors (Lipinski definition) is 3. The van der Waals surface area contributed by atoms with Crippen molar-refractivity contribution in [1.82, 2.24) is 5.32 Å². The van der Waals surface area contributed by atoms with E-state index < -0.39 is 17.4 Å². The summed E-state index contributed by atoms with van der Waals surface area (Å²) in [7, 11) is 0. The van der Waals surface area contributed by atoms with E-state index in [1.54, 1.807) is 6.07 Å². The second kappa shape index (κ2) is 8.67. The third-order valence-corrected chi connectivity index (χ3v) is 4.33. The summed E-state index contributed by atoms with van der Waals surface area (Å²) in [5.41, 5.74) is 2.05. The number of aryl methyl sites for hydroxylation is 2. The zero-order valence-electron chi connectivity index (χ0n) is 14.5. The first kappa shape index (κ1) is 19.2. The van der Waals surface area contributed by atoms with Gasteiger partial charge in [-0.1, -0.05) is 33.8 Å². The Morgan fingerprint density at radius 2 is 1.61 bits per heavy atom. The topological polar surface area (TPSA) is 78.4 Å². The Kier molecular flexibility index (Phi) is 7.23. The van der Waals surface area contributed by atoms with Crippen LogP contribution in [0.1, 0.15) is 51.7 Å². The molecule has 2 amide bonds. The monoisotopic (exact) mass is 320 g/mol. The molecule has 0 saturated carbocycles. The van der Waals surface area contributed by atoms with Gasteiger partial charge in [0.2, 0.25) is 0 Å². The molecule has 0 heterocycles. The minimum absolute atomic E-state index is 0.0707. The third kappa shape index (κ3) is 5.36. The molecule has 0 atom stereocenters. The molecule has 0 saturated heterocycles.